The fourth-order valence-corrected chi connectivity index (χ4v) is 1.88. The number of nitrogens with two attached hydrogens (primary N) is 1. The predicted octanol–water partition coefficient (Wildman–Crippen LogP) is -0.578. The zero-order valence-corrected chi connectivity index (χ0v) is 11.2. The van der Waals surface area contributed by atoms with Gasteiger partial charge in [0.2, 0.25) is 0 Å². The van der Waals surface area contributed by atoms with Crippen LogP contribution in [0.25, 0.3) is 0 Å². The molecule has 1 rings (SSSR count). The molecule has 0 saturated carbocycles. The summed E-state index contributed by atoms with van der Waals surface area (Å²) >= 11 is 0. The van der Waals surface area contributed by atoms with Gasteiger partial charge in [0.25, 0.3) is 0 Å². The predicted molar refractivity (Wildman–Crippen MR) is 70.1 cm³/mol. The largest absolute Gasteiger partial charge is 0.394 e. The van der Waals surface area contributed by atoms with Crippen LogP contribution in [0.1, 0.15) is 6.42 Å². The number of carbonyl (C=O) groups excluding carboxylic acids is 1. The molecule has 20 heavy (non-hydrogen) atoms. The van der Waals surface area contributed by atoms with Crippen molar-refractivity contribution in [3.8, 4) is 0 Å². The molecule has 0 spiro atoms. The maximum atomic E-state index is 13.0. The van der Waals surface area contributed by atoms with Crippen LogP contribution in [0.3, 0.4) is 0 Å². The molecule has 1 fully saturated rings. The Bertz CT molecular complexity index is 389. The Morgan fingerprint density at radius 1 is 1.70 bits per heavy atom. The number of ether oxygens (including phenoxy) is 1. The Morgan fingerprint density at radius 2 is 2.40 bits per heavy atom. The first kappa shape index (κ1) is 16.6. The Balaban J connectivity index is 3.01. The minimum absolute atomic E-state index is 0.0314. The third kappa shape index (κ3) is 3.76. The molecule has 1 heterocycles. The Kier molecular flexibility index (Phi) is 6.59. The van der Waals surface area contributed by atoms with Crippen LogP contribution in [-0.2, 0) is 4.74 Å². The minimum Gasteiger partial charge on any atom is -0.394 e. The molecule has 2 amide bonds. The number of rotatable bonds is 4. The lowest BCUT2D eigenvalue weighted by atomic mass is 9.99. The van der Waals surface area contributed by atoms with Crippen LogP contribution in [0.5, 0.6) is 0 Å². The molecule has 1 aliphatic heterocycles. The maximum absolute atomic E-state index is 13.0. The molecule has 1 aliphatic rings. The molecule has 3 atom stereocenters. The van der Waals surface area contributed by atoms with E-state index in [9.17, 15) is 14.3 Å². The molecule has 7 nitrogen and oxygen atoms in total. The molecule has 0 aliphatic carbocycles. The van der Waals surface area contributed by atoms with Crippen molar-refractivity contribution in [2.24, 2.45) is 5.73 Å². The molecule has 5 N–H and O–H groups in total. The highest BCUT2D eigenvalue weighted by atomic mass is 19.1. The molecule has 0 bridgehead atoms. The number of amides is 2. The van der Waals surface area contributed by atoms with Crippen LogP contribution < -0.4 is 11.1 Å². The second-order valence-electron chi connectivity index (χ2n) is 4.25. The van der Waals surface area contributed by atoms with Crippen LogP contribution in [-0.4, -0.2) is 59.8 Å². The normalized spacial score (nSPS) is 28.9. The number of aliphatic hydroxyl groups is 2. The van der Waals surface area contributed by atoms with Gasteiger partial charge < -0.3 is 26.0 Å². The summed E-state index contributed by atoms with van der Waals surface area (Å²) in [6.07, 6.45) is 0.199. The average Bonchev–Trinajstić information content (AvgIpc) is 2.47. The number of carbonyl (C=O) groups is 1. The van der Waals surface area contributed by atoms with Crippen LogP contribution in [0, 0.1) is 0 Å². The van der Waals surface area contributed by atoms with Gasteiger partial charge in [-0.1, -0.05) is 6.08 Å². The third-order valence-electron chi connectivity index (χ3n) is 2.92. The van der Waals surface area contributed by atoms with Crippen molar-refractivity contribution >= 4 is 6.03 Å². The van der Waals surface area contributed by atoms with Gasteiger partial charge in [0, 0.05) is 31.8 Å². The Labute approximate surface area is 116 Å². The summed E-state index contributed by atoms with van der Waals surface area (Å²) in [4.78, 5) is 12.9. The molecule has 114 valence electrons. The van der Waals surface area contributed by atoms with Crippen molar-refractivity contribution in [3.05, 3.63) is 24.2 Å². The summed E-state index contributed by atoms with van der Waals surface area (Å²) in [5.74, 6) is 0. The van der Waals surface area contributed by atoms with Gasteiger partial charge in [-0.25, -0.2) is 9.18 Å². The Hall–Kier alpha value is -1.48. The fraction of sp³-hybridized carbons (Fsp3) is 0.583. The lowest BCUT2D eigenvalue weighted by molar-refractivity contribution is -0.138. The van der Waals surface area contributed by atoms with Crippen LogP contribution >= 0.6 is 0 Å². The summed E-state index contributed by atoms with van der Waals surface area (Å²) in [6, 6.07) is -0.521. The highest BCUT2D eigenvalue weighted by Gasteiger charge is 2.37. The standard InChI is InChI=1S/C12H20FN3O4/c1-15-12(19)16(4-2-3-14)11-8(6-13)5-9(18)10(7-17)20-11/h2,4,6,9-11,17-18H,3,5,7,14H2,1H3,(H,15,19)/b4-2-,8-6+/t9-,10?,11-/m0/s1. The minimum atomic E-state index is -1.04. The van der Waals surface area contributed by atoms with E-state index >= 15 is 0 Å². The van der Waals surface area contributed by atoms with Gasteiger partial charge in [0.1, 0.15) is 6.10 Å². The van der Waals surface area contributed by atoms with E-state index < -0.39 is 31.1 Å². The molecule has 0 aromatic heterocycles. The van der Waals surface area contributed by atoms with E-state index in [0.29, 0.717) is 6.33 Å². The van der Waals surface area contributed by atoms with Crippen LogP contribution in [0.15, 0.2) is 24.2 Å². The van der Waals surface area contributed by atoms with Crippen molar-refractivity contribution in [1.29, 1.82) is 0 Å². The van der Waals surface area contributed by atoms with Gasteiger partial charge in [-0.2, -0.15) is 0 Å². The first-order chi connectivity index (χ1) is 9.58. The van der Waals surface area contributed by atoms with E-state index in [-0.39, 0.29) is 18.5 Å². The molecule has 0 aromatic rings. The lowest BCUT2D eigenvalue weighted by Gasteiger charge is -2.38. The molecule has 0 radical (unpaired) electrons. The number of hydrogen-bond donors (Lipinski definition) is 4. The van der Waals surface area contributed by atoms with Gasteiger partial charge >= 0.3 is 6.03 Å². The maximum Gasteiger partial charge on any atom is 0.323 e. The van der Waals surface area contributed by atoms with Crippen molar-refractivity contribution in [3.63, 3.8) is 0 Å². The summed E-state index contributed by atoms with van der Waals surface area (Å²) < 4.78 is 18.4. The van der Waals surface area contributed by atoms with E-state index in [2.05, 4.69) is 5.32 Å². The average molecular weight is 289 g/mol. The smallest absolute Gasteiger partial charge is 0.323 e. The zero-order chi connectivity index (χ0) is 15.1. The van der Waals surface area contributed by atoms with Gasteiger partial charge in [0.05, 0.1) is 19.0 Å². The van der Waals surface area contributed by atoms with Crippen molar-refractivity contribution < 1.29 is 24.1 Å². The molecule has 1 unspecified atom stereocenters. The molecular formula is C12H20FN3O4. The van der Waals surface area contributed by atoms with Crippen molar-refractivity contribution in [2.45, 2.75) is 24.9 Å². The molecule has 0 aromatic carbocycles. The van der Waals surface area contributed by atoms with Gasteiger partial charge in [-0.3, -0.25) is 4.90 Å². The second kappa shape index (κ2) is 7.95. The molecule has 1 saturated heterocycles. The lowest BCUT2D eigenvalue weighted by Crippen LogP contribution is -2.51. The number of halogens is 1. The highest BCUT2D eigenvalue weighted by molar-refractivity contribution is 5.75. The second-order valence-corrected chi connectivity index (χ2v) is 4.25. The van der Waals surface area contributed by atoms with Crippen LogP contribution in [0.4, 0.5) is 9.18 Å². The number of nitrogens with zero attached hydrogens (tertiary/aromatic N) is 1. The van der Waals surface area contributed by atoms with Crippen LogP contribution in [0.2, 0.25) is 0 Å². The van der Waals surface area contributed by atoms with Crippen molar-refractivity contribution in [2.75, 3.05) is 20.2 Å². The van der Waals surface area contributed by atoms with Crippen molar-refractivity contribution in [1.82, 2.24) is 10.2 Å². The zero-order valence-electron chi connectivity index (χ0n) is 11.2. The first-order valence-corrected chi connectivity index (χ1v) is 6.19. The van der Waals surface area contributed by atoms with E-state index in [0.717, 1.165) is 4.90 Å². The van der Waals surface area contributed by atoms with E-state index in [1.54, 1.807) is 0 Å². The monoisotopic (exact) mass is 289 g/mol. The first-order valence-electron chi connectivity index (χ1n) is 6.19. The van der Waals surface area contributed by atoms with E-state index in [1.807, 2.05) is 0 Å². The number of urea groups is 1. The van der Waals surface area contributed by atoms with Gasteiger partial charge in [-0.05, 0) is 0 Å². The Morgan fingerprint density at radius 3 is 2.90 bits per heavy atom. The van der Waals surface area contributed by atoms with Gasteiger partial charge in [-0.15, -0.1) is 0 Å². The quantitative estimate of drug-likeness (QED) is 0.554. The van der Waals surface area contributed by atoms with E-state index in [1.165, 1.54) is 19.3 Å². The highest BCUT2D eigenvalue weighted by Crippen LogP contribution is 2.28. The summed E-state index contributed by atoms with van der Waals surface area (Å²) in [5, 5.41) is 21.2. The molecular weight excluding hydrogens is 269 g/mol. The number of aliphatic hydroxyl groups excluding tert-OH is 2. The van der Waals surface area contributed by atoms with Gasteiger partial charge in [0.15, 0.2) is 6.23 Å². The number of hydrogen-bond acceptors (Lipinski definition) is 5. The third-order valence-corrected chi connectivity index (χ3v) is 2.92. The molecule has 8 heteroatoms. The summed E-state index contributed by atoms with van der Waals surface area (Å²) in [7, 11) is 1.42. The fourth-order valence-electron chi connectivity index (χ4n) is 1.88. The summed E-state index contributed by atoms with van der Waals surface area (Å²) in [6.45, 7) is -0.236. The topological polar surface area (TPSA) is 108 Å². The summed E-state index contributed by atoms with van der Waals surface area (Å²) in [5.41, 5.74) is 5.44. The van der Waals surface area contributed by atoms with E-state index in [4.69, 9.17) is 15.6 Å². The SMILES string of the molecule is CNC(=O)N(/C=C\CN)[C@H]1OC(CO)[C@@H](O)C/C1=C\F. The number of nitrogens with one attached hydrogen (secondary N) is 1.